The van der Waals surface area contributed by atoms with Crippen molar-refractivity contribution in [1.82, 2.24) is 9.80 Å². The molecule has 0 saturated carbocycles. The Kier molecular flexibility index (Phi) is 26.0. The zero-order chi connectivity index (χ0) is 56.4. The normalized spacial score (nSPS) is 33.3. The number of aryl methyl sites for hydroxylation is 1. The molecule has 1 aromatic carbocycles. The van der Waals surface area contributed by atoms with Gasteiger partial charge in [0, 0.05) is 86.8 Å². The summed E-state index contributed by atoms with van der Waals surface area (Å²) in [6.07, 6.45) is -8.90. The molecule has 0 amide bonds. The van der Waals surface area contributed by atoms with Gasteiger partial charge < -0.3 is 61.7 Å². The highest BCUT2D eigenvalue weighted by atomic mass is 16.7. The first-order chi connectivity index (χ1) is 36.0. The number of rotatable bonds is 20. The van der Waals surface area contributed by atoms with E-state index in [0.29, 0.717) is 32.5 Å². The third kappa shape index (κ3) is 18.7. The van der Waals surface area contributed by atoms with E-state index in [1.165, 1.54) is 47.7 Å². The predicted molar refractivity (Wildman–Crippen MR) is 277 cm³/mol. The molecule has 16 atom stereocenters. The number of ether oxygens (including phenoxy) is 12. The summed E-state index contributed by atoms with van der Waals surface area (Å²) in [6.45, 7) is 17.8. The summed E-state index contributed by atoms with van der Waals surface area (Å²) < 4.78 is 75.5. The lowest BCUT2D eigenvalue weighted by Crippen LogP contribution is -2.68. The molecule has 4 rings (SSSR count). The van der Waals surface area contributed by atoms with Gasteiger partial charge in [0.25, 0.3) is 0 Å². The lowest BCUT2D eigenvalue weighted by atomic mass is 9.70. The topological polar surface area (TPSA) is 220 Å². The van der Waals surface area contributed by atoms with E-state index in [-0.39, 0.29) is 31.6 Å². The lowest BCUT2D eigenvalue weighted by Gasteiger charge is -2.54. The number of hydrogen-bond acceptors (Lipinski definition) is 20. The second-order valence-corrected chi connectivity index (χ2v) is 21.2. The summed E-state index contributed by atoms with van der Waals surface area (Å²) in [5.41, 5.74) is -0.168. The van der Waals surface area contributed by atoms with Crippen LogP contribution in [-0.2, 0) is 92.0 Å². The Bertz CT molecular complexity index is 1990. The van der Waals surface area contributed by atoms with E-state index in [4.69, 9.17) is 56.8 Å². The summed E-state index contributed by atoms with van der Waals surface area (Å²) in [5, 5.41) is 0. The van der Waals surface area contributed by atoms with Gasteiger partial charge in [-0.15, -0.1) is 0 Å². The molecule has 20 nitrogen and oxygen atoms in total. The van der Waals surface area contributed by atoms with Crippen LogP contribution in [0.3, 0.4) is 0 Å². The number of carbonyl (C=O) groups excluding carboxylic acids is 6. The molecule has 0 unspecified atom stereocenters. The second kappa shape index (κ2) is 30.8. The monoisotopic (exact) mass is 1080 g/mol. The molecule has 3 aliphatic rings. The van der Waals surface area contributed by atoms with Crippen LogP contribution in [-0.4, -0.2) is 186 Å². The molecule has 0 N–H and O–H groups in total. The minimum atomic E-state index is -1.37. The molecule has 432 valence electrons. The van der Waals surface area contributed by atoms with Crippen molar-refractivity contribution in [3.05, 3.63) is 35.9 Å². The molecule has 1 aromatic rings. The lowest BCUT2D eigenvalue weighted by molar-refractivity contribution is -0.320. The average Bonchev–Trinajstić information content (AvgIpc) is 3.34. The number of cyclic esters (lactones) is 1. The first-order valence-electron chi connectivity index (χ1n) is 27.1. The molecule has 76 heavy (non-hydrogen) atoms. The van der Waals surface area contributed by atoms with E-state index >= 15 is 0 Å². The number of esters is 6. The molecule has 20 heteroatoms. The highest BCUT2D eigenvalue weighted by Gasteiger charge is 2.58. The molecule has 3 aliphatic heterocycles. The van der Waals surface area contributed by atoms with Crippen LogP contribution >= 0.6 is 0 Å². The van der Waals surface area contributed by atoms with Gasteiger partial charge in [-0.05, 0) is 91.4 Å². The van der Waals surface area contributed by atoms with Crippen molar-refractivity contribution in [2.24, 2.45) is 17.8 Å². The van der Waals surface area contributed by atoms with Crippen LogP contribution in [0.25, 0.3) is 0 Å². The molecule has 0 aromatic heterocycles. The fourth-order valence-electron chi connectivity index (χ4n) is 11.3. The van der Waals surface area contributed by atoms with Gasteiger partial charge in [0.2, 0.25) is 0 Å². The summed E-state index contributed by atoms with van der Waals surface area (Å²) in [7, 11) is 8.13. The quantitative estimate of drug-likeness (QED) is 0.0831. The van der Waals surface area contributed by atoms with Crippen molar-refractivity contribution in [1.29, 1.82) is 0 Å². The zero-order valence-electron chi connectivity index (χ0n) is 47.9. The molecular formula is C56H90N2O18. The van der Waals surface area contributed by atoms with Crippen LogP contribution < -0.4 is 0 Å². The van der Waals surface area contributed by atoms with E-state index in [1.807, 2.05) is 58.0 Å². The Morgan fingerprint density at radius 2 is 1.45 bits per heavy atom. The number of nitrogens with zero attached hydrogens (tertiary/aromatic N) is 2. The van der Waals surface area contributed by atoms with Crippen molar-refractivity contribution in [2.45, 2.75) is 212 Å². The van der Waals surface area contributed by atoms with Gasteiger partial charge in [0.05, 0.1) is 24.7 Å². The zero-order valence-corrected chi connectivity index (χ0v) is 47.9. The van der Waals surface area contributed by atoms with Crippen LogP contribution in [0.5, 0.6) is 0 Å². The van der Waals surface area contributed by atoms with Gasteiger partial charge in [-0.25, -0.2) is 0 Å². The minimum absolute atomic E-state index is 0.0159. The molecular weight excluding hydrogens is 989 g/mol. The van der Waals surface area contributed by atoms with E-state index in [1.54, 1.807) is 27.7 Å². The fourth-order valence-corrected chi connectivity index (χ4v) is 11.3. The van der Waals surface area contributed by atoms with E-state index in [9.17, 15) is 28.8 Å². The number of likely N-dealkylation sites (N-methyl/N-ethyl adjacent to an activating group) is 1. The van der Waals surface area contributed by atoms with Crippen molar-refractivity contribution in [3.63, 3.8) is 0 Å². The van der Waals surface area contributed by atoms with Crippen LogP contribution in [0, 0.1) is 17.8 Å². The predicted octanol–water partition coefficient (Wildman–Crippen LogP) is 6.00. The summed E-state index contributed by atoms with van der Waals surface area (Å²) in [5.74, 6) is -5.25. The number of methoxy groups -OCH3 is 3. The molecule has 0 bridgehead atoms. The molecule has 3 fully saturated rings. The third-order valence-electron chi connectivity index (χ3n) is 14.9. The smallest absolute Gasteiger partial charge is 0.309 e. The molecule has 3 saturated heterocycles. The molecule has 0 radical (unpaired) electrons. The Balaban J connectivity index is 1.93. The van der Waals surface area contributed by atoms with Gasteiger partial charge in [-0.2, -0.15) is 0 Å². The SMILES string of the molecule is CCC(=O)O[C@@H]1CC(=O)O[C@H](C)CCN(CCCc2ccccc2)C[C@H](OC(C)=O)[C@H](C)C[C@H](CC(OC)OC)[C@H]([C@@H]2O[C@H](C)[C@@H](O[C@H]3C[C@@](C)(OC(C)=O)[C@@H](OC(=O)CC)[C@H](C)O3)[C@H](N(C)C)[C@H]2OC(C)=O)[C@@H]1OC. The van der Waals surface area contributed by atoms with Crippen LogP contribution in [0.1, 0.15) is 126 Å². The van der Waals surface area contributed by atoms with Gasteiger partial charge in [0.1, 0.15) is 42.7 Å². The van der Waals surface area contributed by atoms with Crippen LogP contribution in [0.4, 0.5) is 0 Å². The average molecular weight is 1080 g/mol. The Labute approximate surface area is 451 Å². The van der Waals surface area contributed by atoms with E-state index < -0.39 is 139 Å². The maximum atomic E-state index is 14.2. The van der Waals surface area contributed by atoms with Gasteiger partial charge >= 0.3 is 35.8 Å². The highest BCUT2D eigenvalue weighted by molar-refractivity contribution is 5.73. The van der Waals surface area contributed by atoms with Crippen molar-refractivity contribution >= 4 is 35.8 Å². The Morgan fingerprint density at radius 3 is 2.03 bits per heavy atom. The van der Waals surface area contributed by atoms with E-state index in [0.717, 1.165) is 12.8 Å². The maximum Gasteiger partial charge on any atom is 0.309 e. The van der Waals surface area contributed by atoms with Crippen molar-refractivity contribution < 1.29 is 85.6 Å². The molecule has 3 heterocycles. The summed E-state index contributed by atoms with van der Waals surface area (Å²) >= 11 is 0. The van der Waals surface area contributed by atoms with Gasteiger partial charge in [-0.1, -0.05) is 51.1 Å². The first kappa shape index (κ1) is 64.2. The number of carbonyl (C=O) groups is 6. The standard InChI is InChI=1S/C56H90N2O18/c1-16-44(62)73-42-30-46(64)68-34(4)25-27-58(26-21-24-40-22-19-18-20-23-40)32-43(71-37(7)59)33(3)28-41(29-47(65-13)66-14)49(52(42)67-15)53-54(72-38(8)60)50(57(11)12)51(35(5)70-53)75-48-31-56(10,76-39(9)61)55(36(6)69-48)74-45(63)17-2/h18-20,22-23,33-36,41-43,47-55H,16-17,21,24-32H2,1-15H3/t33-,34-,35-,36+,41-,42-,43+,48+,49+,50+,51-,52-,53+,54-,55+,56-/m1/s1. The number of benzene rings is 1. The number of hydrogen-bond donors (Lipinski definition) is 0. The van der Waals surface area contributed by atoms with Gasteiger partial charge in [0.15, 0.2) is 24.3 Å². The largest absolute Gasteiger partial charge is 0.463 e. The fraction of sp³-hybridized carbons (Fsp3) is 0.786. The molecule has 0 spiro atoms. The first-order valence-corrected chi connectivity index (χ1v) is 27.1. The summed E-state index contributed by atoms with van der Waals surface area (Å²) in [6, 6.07) is 9.40. The second-order valence-electron chi connectivity index (χ2n) is 21.2. The Morgan fingerprint density at radius 1 is 0.803 bits per heavy atom. The maximum absolute atomic E-state index is 14.2. The minimum Gasteiger partial charge on any atom is -0.463 e. The van der Waals surface area contributed by atoms with Crippen LogP contribution in [0.15, 0.2) is 30.3 Å². The third-order valence-corrected chi connectivity index (χ3v) is 14.9. The highest BCUT2D eigenvalue weighted by Crippen LogP contribution is 2.44. The van der Waals surface area contributed by atoms with Crippen molar-refractivity contribution in [3.8, 4) is 0 Å². The van der Waals surface area contributed by atoms with Gasteiger partial charge in [-0.3, -0.25) is 33.7 Å². The molecule has 0 aliphatic carbocycles. The van der Waals surface area contributed by atoms with E-state index in [2.05, 4.69) is 17.0 Å². The Hall–Kier alpha value is -4.28. The van der Waals surface area contributed by atoms with Crippen molar-refractivity contribution in [2.75, 3.05) is 55.1 Å². The summed E-state index contributed by atoms with van der Waals surface area (Å²) in [4.78, 5) is 83.8. The van der Waals surface area contributed by atoms with Crippen LogP contribution in [0.2, 0.25) is 0 Å².